The van der Waals surface area contributed by atoms with Crippen molar-refractivity contribution in [1.82, 2.24) is 5.32 Å². The molecule has 3 aromatic rings. The van der Waals surface area contributed by atoms with Gasteiger partial charge in [-0.05, 0) is 48.6 Å². The van der Waals surface area contributed by atoms with E-state index in [1.165, 1.54) is 6.07 Å². The first-order chi connectivity index (χ1) is 15.9. The first kappa shape index (κ1) is 21.9. The molecule has 0 fully saturated rings. The maximum absolute atomic E-state index is 13.4. The summed E-state index contributed by atoms with van der Waals surface area (Å²) in [6.45, 7) is 1.97. The summed E-state index contributed by atoms with van der Waals surface area (Å²) in [6, 6.07) is 18.6. The molecule has 1 amide bonds. The first-order valence-corrected chi connectivity index (χ1v) is 11.8. The van der Waals surface area contributed by atoms with Gasteiger partial charge in [-0.15, -0.1) is 0 Å². The van der Waals surface area contributed by atoms with E-state index < -0.39 is 0 Å². The molecule has 2 aliphatic rings. The molecule has 1 aliphatic carbocycles. The minimum absolute atomic E-state index is 0.0206. The Kier molecular flexibility index (Phi) is 5.81. The minimum atomic E-state index is -0.241. The van der Waals surface area contributed by atoms with Crippen LogP contribution in [0.4, 0.5) is 5.69 Å². The third-order valence-corrected chi connectivity index (χ3v) is 7.19. The van der Waals surface area contributed by atoms with Crippen LogP contribution in [0.2, 0.25) is 10.0 Å². The number of allylic oxidation sites excluding steroid dienone is 2. The van der Waals surface area contributed by atoms with Gasteiger partial charge in [0.05, 0.1) is 28.4 Å². The fraction of sp³-hybridized carbons (Fsp3) is 0.222. The lowest BCUT2D eigenvalue weighted by molar-refractivity contribution is 0.0940. The number of hydrogen-bond donors (Lipinski definition) is 3. The summed E-state index contributed by atoms with van der Waals surface area (Å²) in [6.07, 6.45) is 5.20. The zero-order chi connectivity index (χ0) is 23.1. The monoisotopic (exact) mass is 478 g/mol. The van der Waals surface area contributed by atoms with E-state index in [0.29, 0.717) is 16.1 Å². The van der Waals surface area contributed by atoms with Gasteiger partial charge in [-0.3, -0.25) is 4.79 Å². The summed E-state index contributed by atoms with van der Waals surface area (Å²) in [5, 5.41) is 18.1. The summed E-state index contributed by atoms with van der Waals surface area (Å²) >= 11 is 12.5. The molecule has 3 N–H and O–H groups in total. The molecule has 3 aromatic carbocycles. The van der Waals surface area contributed by atoms with Gasteiger partial charge < -0.3 is 15.7 Å². The minimum Gasteiger partial charge on any atom is -0.506 e. The lowest BCUT2D eigenvalue weighted by Gasteiger charge is -2.38. The number of hydrogen-bond acceptors (Lipinski definition) is 3. The van der Waals surface area contributed by atoms with Crippen LogP contribution >= 0.6 is 23.2 Å². The Morgan fingerprint density at radius 3 is 2.67 bits per heavy atom. The number of benzene rings is 3. The van der Waals surface area contributed by atoms with Crippen molar-refractivity contribution in [2.45, 2.75) is 31.3 Å². The highest BCUT2D eigenvalue weighted by Crippen LogP contribution is 2.52. The van der Waals surface area contributed by atoms with Crippen LogP contribution in [-0.4, -0.2) is 11.0 Å². The number of para-hydroxylation sites is 1. The van der Waals surface area contributed by atoms with Crippen LogP contribution in [0.5, 0.6) is 5.75 Å². The van der Waals surface area contributed by atoms with Gasteiger partial charge in [-0.2, -0.15) is 0 Å². The predicted octanol–water partition coefficient (Wildman–Crippen LogP) is 7.02. The molecule has 0 saturated carbocycles. The fourth-order valence-electron chi connectivity index (χ4n) is 5.04. The van der Waals surface area contributed by atoms with Gasteiger partial charge in [0.2, 0.25) is 0 Å². The van der Waals surface area contributed by atoms with Crippen LogP contribution < -0.4 is 10.6 Å². The molecule has 4 unspecified atom stereocenters. The molecule has 4 nitrogen and oxygen atoms in total. The van der Waals surface area contributed by atoms with E-state index in [9.17, 15) is 9.90 Å². The SMILES string of the molecule is CC(NC(=O)c1cccc2c1NC(c1cc(Cl)cc(Cl)c1O)C1CC=CC21)c1ccccc1. The van der Waals surface area contributed by atoms with Crippen molar-refractivity contribution in [3.05, 3.63) is 105 Å². The molecule has 0 aromatic heterocycles. The first-order valence-electron chi connectivity index (χ1n) is 11.0. The summed E-state index contributed by atoms with van der Waals surface area (Å²) in [5.41, 5.74) is 4.12. The van der Waals surface area contributed by atoms with Gasteiger partial charge in [0.25, 0.3) is 5.91 Å². The molecular formula is C27H24Cl2N2O2. The van der Waals surface area contributed by atoms with Gasteiger partial charge in [0.15, 0.2) is 0 Å². The molecule has 0 spiro atoms. The molecule has 168 valence electrons. The normalized spacial score (nSPS) is 21.6. The number of carbonyl (C=O) groups is 1. The number of carbonyl (C=O) groups excluding carboxylic acids is 1. The van der Waals surface area contributed by atoms with Gasteiger partial charge in [0.1, 0.15) is 5.75 Å². The third kappa shape index (κ3) is 3.98. The van der Waals surface area contributed by atoms with Crippen molar-refractivity contribution < 1.29 is 9.90 Å². The molecule has 0 radical (unpaired) electrons. The maximum Gasteiger partial charge on any atom is 0.253 e. The van der Waals surface area contributed by atoms with E-state index in [2.05, 4.69) is 28.9 Å². The molecule has 1 aliphatic heterocycles. The fourth-order valence-corrected chi connectivity index (χ4v) is 5.55. The van der Waals surface area contributed by atoms with Crippen LogP contribution in [0.15, 0.2) is 72.8 Å². The second kappa shape index (κ2) is 8.77. The van der Waals surface area contributed by atoms with Gasteiger partial charge in [-0.1, -0.05) is 77.8 Å². The lowest BCUT2D eigenvalue weighted by atomic mass is 9.76. The smallest absolute Gasteiger partial charge is 0.253 e. The number of fused-ring (bicyclic) bond motifs is 3. The Balaban J connectivity index is 1.53. The van der Waals surface area contributed by atoms with Gasteiger partial charge in [0, 0.05) is 16.5 Å². The summed E-state index contributed by atoms with van der Waals surface area (Å²) in [4.78, 5) is 13.4. The maximum atomic E-state index is 13.4. The second-order valence-corrected chi connectivity index (χ2v) is 9.52. The quantitative estimate of drug-likeness (QED) is 0.353. The van der Waals surface area contributed by atoms with Crippen LogP contribution in [0.25, 0.3) is 0 Å². The largest absolute Gasteiger partial charge is 0.506 e. The zero-order valence-corrected chi connectivity index (χ0v) is 19.6. The van der Waals surface area contributed by atoms with Crippen LogP contribution in [0, 0.1) is 5.92 Å². The predicted molar refractivity (Wildman–Crippen MR) is 133 cm³/mol. The van der Waals surface area contributed by atoms with Crippen LogP contribution in [0.3, 0.4) is 0 Å². The molecular weight excluding hydrogens is 455 g/mol. The number of anilines is 1. The number of phenols is 1. The summed E-state index contributed by atoms with van der Waals surface area (Å²) in [7, 11) is 0. The van der Waals surface area contributed by atoms with E-state index in [-0.39, 0.29) is 40.6 Å². The van der Waals surface area contributed by atoms with E-state index in [4.69, 9.17) is 23.2 Å². The molecule has 0 bridgehead atoms. The summed E-state index contributed by atoms with van der Waals surface area (Å²) < 4.78 is 0. The zero-order valence-electron chi connectivity index (χ0n) is 18.1. The van der Waals surface area contributed by atoms with Crippen molar-refractivity contribution in [3.8, 4) is 5.75 Å². The molecule has 6 heteroatoms. The van der Waals surface area contributed by atoms with Crippen molar-refractivity contribution in [1.29, 1.82) is 0 Å². The van der Waals surface area contributed by atoms with E-state index in [1.807, 2.05) is 49.4 Å². The number of aromatic hydroxyl groups is 1. The van der Waals surface area contributed by atoms with Crippen LogP contribution in [0.1, 0.15) is 58.4 Å². The number of rotatable bonds is 4. The van der Waals surface area contributed by atoms with Crippen LogP contribution in [-0.2, 0) is 0 Å². The number of halogens is 2. The Morgan fingerprint density at radius 2 is 1.88 bits per heavy atom. The standard InChI is InChI=1S/C27H24Cl2N2O2/c1-15(16-7-3-2-4-8-16)30-27(33)21-12-6-11-19-18-9-5-10-20(18)25(31-24(19)21)22-13-17(28)14-23(29)26(22)32/h2-9,11-15,18,20,25,31-32H,10H2,1H3,(H,30,33). The average molecular weight is 479 g/mol. The van der Waals surface area contributed by atoms with E-state index in [1.54, 1.807) is 6.07 Å². The Bertz CT molecular complexity index is 1240. The van der Waals surface area contributed by atoms with E-state index >= 15 is 0 Å². The van der Waals surface area contributed by atoms with Crippen molar-refractivity contribution in [3.63, 3.8) is 0 Å². The Morgan fingerprint density at radius 1 is 1.09 bits per heavy atom. The topological polar surface area (TPSA) is 61.4 Å². The highest BCUT2D eigenvalue weighted by molar-refractivity contribution is 6.35. The summed E-state index contributed by atoms with van der Waals surface area (Å²) in [5.74, 6) is 0.178. The van der Waals surface area contributed by atoms with E-state index in [0.717, 1.165) is 23.2 Å². The Hall–Kier alpha value is -2.95. The highest BCUT2D eigenvalue weighted by atomic mass is 35.5. The van der Waals surface area contributed by atoms with Crippen molar-refractivity contribution in [2.24, 2.45) is 5.92 Å². The molecule has 33 heavy (non-hydrogen) atoms. The Labute approximate surface area is 203 Å². The highest BCUT2D eigenvalue weighted by Gasteiger charge is 2.40. The van der Waals surface area contributed by atoms with Crippen molar-refractivity contribution >= 4 is 34.8 Å². The van der Waals surface area contributed by atoms with Crippen molar-refractivity contribution in [2.75, 3.05) is 5.32 Å². The number of phenolic OH excluding ortho intramolecular Hbond substituents is 1. The van der Waals surface area contributed by atoms with Gasteiger partial charge >= 0.3 is 0 Å². The van der Waals surface area contributed by atoms with Gasteiger partial charge in [-0.25, -0.2) is 0 Å². The number of amides is 1. The second-order valence-electron chi connectivity index (χ2n) is 8.68. The molecule has 0 saturated heterocycles. The number of nitrogens with one attached hydrogen (secondary N) is 2. The average Bonchev–Trinajstić information content (AvgIpc) is 3.31. The lowest BCUT2D eigenvalue weighted by Crippen LogP contribution is -2.33. The molecule has 5 rings (SSSR count). The molecule has 1 heterocycles. The molecule has 4 atom stereocenters. The third-order valence-electron chi connectivity index (χ3n) is 6.68.